The number of hydrogen-bond acceptors (Lipinski definition) is 2. The molecule has 1 aromatic rings. The second kappa shape index (κ2) is 4.54. The second-order valence-corrected chi connectivity index (χ2v) is 5.22. The number of benzene rings is 1. The van der Waals surface area contributed by atoms with Crippen LogP contribution in [0, 0.1) is 0 Å². The molecule has 2 N–H and O–H groups in total. The lowest BCUT2D eigenvalue weighted by molar-refractivity contribution is 0.430. The first-order valence-electron chi connectivity index (χ1n) is 5.44. The van der Waals surface area contributed by atoms with E-state index in [4.69, 9.17) is 5.73 Å². The van der Waals surface area contributed by atoms with Crippen LogP contribution in [0.25, 0.3) is 0 Å². The lowest BCUT2D eigenvalue weighted by Crippen LogP contribution is -2.45. The SMILES string of the molecule is CC1CC(N)CCN1c1ccc(Br)cc1. The van der Waals surface area contributed by atoms with Gasteiger partial charge >= 0.3 is 0 Å². The number of nitrogens with two attached hydrogens (primary N) is 1. The van der Waals surface area contributed by atoms with Crippen molar-refractivity contribution in [1.29, 1.82) is 0 Å². The maximum atomic E-state index is 5.96. The van der Waals surface area contributed by atoms with Crippen molar-refractivity contribution in [2.75, 3.05) is 11.4 Å². The van der Waals surface area contributed by atoms with Crippen molar-refractivity contribution in [2.45, 2.75) is 31.8 Å². The van der Waals surface area contributed by atoms with E-state index in [0.29, 0.717) is 12.1 Å². The Morgan fingerprint density at radius 2 is 2.00 bits per heavy atom. The van der Waals surface area contributed by atoms with Crippen LogP contribution in [0.1, 0.15) is 19.8 Å². The van der Waals surface area contributed by atoms with Crippen LogP contribution in [0.3, 0.4) is 0 Å². The molecule has 1 aliphatic rings. The largest absolute Gasteiger partial charge is 0.369 e. The lowest BCUT2D eigenvalue weighted by Gasteiger charge is -2.38. The summed E-state index contributed by atoms with van der Waals surface area (Å²) < 4.78 is 1.13. The number of hydrogen-bond donors (Lipinski definition) is 1. The highest BCUT2D eigenvalue weighted by molar-refractivity contribution is 9.10. The van der Waals surface area contributed by atoms with Crippen LogP contribution in [-0.2, 0) is 0 Å². The van der Waals surface area contributed by atoms with Crippen molar-refractivity contribution in [1.82, 2.24) is 0 Å². The summed E-state index contributed by atoms with van der Waals surface area (Å²) in [5.74, 6) is 0. The Morgan fingerprint density at radius 3 is 2.60 bits per heavy atom. The van der Waals surface area contributed by atoms with E-state index in [9.17, 15) is 0 Å². The summed E-state index contributed by atoms with van der Waals surface area (Å²) in [6.07, 6.45) is 2.19. The minimum Gasteiger partial charge on any atom is -0.369 e. The average Bonchev–Trinajstić information content (AvgIpc) is 2.20. The van der Waals surface area contributed by atoms with Crippen LogP contribution in [-0.4, -0.2) is 18.6 Å². The fraction of sp³-hybridized carbons (Fsp3) is 0.500. The van der Waals surface area contributed by atoms with Crippen LogP contribution in [0.2, 0.25) is 0 Å². The maximum absolute atomic E-state index is 5.96. The van der Waals surface area contributed by atoms with Gasteiger partial charge < -0.3 is 10.6 Å². The number of rotatable bonds is 1. The van der Waals surface area contributed by atoms with Crippen LogP contribution in [0.4, 0.5) is 5.69 Å². The monoisotopic (exact) mass is 268 g/mol. The van der Waals surface area contributed by atoms with Gasteiger partial charge in [-0.05, 0) is 44.0 Å². The Morgan fingerprint density at radius 1 is 1.33 bits per heavy atom. The Bertz CT molecular complexity index is 323. The Kier molecular flexibility index (Phi) is 3.32. The predicted octanol–water partition coefficient (Wildman–Crippen LogP) is 2.77. The molecule has 1 heterocycles. The molecule has 82 valence electrons. The first-order valence-corrected chi connectivity index (χ1v) is 6.24. The molecule has 0 bridgehead atoms. The highest BCUT2D eigenvalue weighted by Gasteiger charge is 2.22. The Hall–Kier alpha value is -0.540. The molecule has 2 atom stereocenters. The molecule has 0 saturated carbocycles. The van der Waals surface area contributed by atoms with Crippen LogP contribution >= 0.6 is 15.9 Å². The molecular weight excluding hydrogens is 252 g/mol. The van der Waals surface area contributed by atoms with Gasteiger partial charge in [0, 0.05) is 28.8 Å². The summed E-state index contributed by atoms with van der Waals surface area (Å²) in [5.41, 5.74) is 7.26. The van der Waals surface area contributed by atoms with E-state index in [2.05, 4.69) is 52.0 Å². The quantitative estimate of drug-likeness (QED) is 0.849. The second-order valence-electron chi connectivity index (χ2n) is 4.30. The molecule has 2 nitrogen and oxygen atoms in total. The highest BCUT2D eigenvalue weighted by atomic mass is 79.9. The van der Waals surface area contributed by atoms with Gasteiger partial charge in [0.15, 0.2) is 0 Å². The van der Waals surface area contributed by atoms with Gasteiger partial charge in [0.1, 0.15) is 0 Å². The van der Waals surface area contributed by atoms with Crippen molar-refractivity contribution in [2.24, 2.45) is 5.73 Å². The fourth-order valence-electron chi connectivity index (χ4n) is 2.22. The zero-order chi connectivity index (χ0) is 10.8. The van der Waals surface area contributed by atoms with E-state index < -0.39 is 0 Å². The summed E-state index contributed by atoms with van der Waals surface area (Å²) in [6.45, 7) is 3.32. The van der Waals surface area contributed by atoms with Gasteiger partial charge in [-0.15, -0.1) is 0 Å². The molecule has 1 aliphatic heterocycles. The third-order valence-corrected chi connectivity index (χ3v) is 3.60. The van der Waals surface area contributed by atoms with Crippen molar-refractivity contribution >= 4 is 21.6 Å². The van der Waals surface area contributed by atoms with Gasteiger partial charge in [0.25, 0.3) is 0 Å². The molecule has 0 spiro atoms. The predicted molar refractivity (Wildman–Crippen MR) is 68.2 cm³/mol. The molecule has 15 heavy (non-hydrogen) atoms. The molecule has 3 heteroatoms. The number of anilines is 1. The zero-order valence-corrected chi connectivity index (χ0v) is 10.6. The number of nitrogens with zero attached hydrogens (tertiary/aromatic N) is 1. The average molecular weight is 269 g/mol. The molecule has 2 rings (SSSR count). The highest BCUT2D eigenvalue weighted by Crippen LogP contribution is 2.25. The first-order chi connectivity index (χ1) is 7.16. The van der Waals surface area contributed by atoms with Crippen molar-refractivity contribution < 1.29 is 0 Å². The van der Waals surface area contributed by atoms with E-state index in [1.54, 1.807) is 0 Å². The van der Waals surface area contributed by atoms with E-state index in [-0.39, 0.29) is 0 Å². The summed E-state index contributed by atoms with van der Waals surface area (Å²) in [7, 11) is 0. The van der Waals surface area contributed by atoms with E-state index in [1.807, 2.05) is 0 Å². The summed E-state index contributed by atoms with van der Waals surface area (Å²) in [5, 5.41) is 0. The van der Waals surface area contributed by atoms with Gasteiger partial charge in [-0.2, -0.15) is 0 Å². The third kappa shape index (κ3) is 2.52. The molecule has 0 amide bonds. The van der Waals surface area contributed by atoms with Crippen molar-refractivity contribution in [3.05, 3.63) is 28.7 Å². The van der Waals surface area contributed by atoms with Gasteiger partial charge in [-0.25, -0.2) is 0 Å². The van der Waals surface area contributed by atoms with Crippen molar-refractivity contribution in [3.63, 3.8) is 0 Å². The summed E-state index contributed by atoms with van der Waals surface area (Å²) >= 11 is 3.46. The molecule has 1 fully saturated rings. The van der Waals surface area contributed by atoms with Crippen LogP contribution in [0.5, 0.6) is 0 Å². The molecule has 2 unspecified atom stereocenters. The molecule has 1 saturated heterocycles. The molecule has 1 aromatic carbocycles. The van der Waals surface area contributed by atoms with Crippen LogP contribution in [0.15, 0.2) is 28.7 Å². The minimum absolute atomic E-state index is 0.381. The fourth-order valence-corrected chi connectivity index (χ4v) is 2.49. The lowest BCUT2D eigenvalue weighted by atomic mass is 9.98. The van der Waals surface area contributed by atoms with Gasteiger partial charge in [-0.1, -0.05) is 15.9 Å². The molecular formula is C12H17BrN2. The van der Waals surface area contributed by atoms with E-state index in [0.717, 1.165) is 23.9 Å². The maximum Gasteiger partial charge on any atom is 0.0369 e. The standard InChI is InChI=1S/C12H17BrN2/c1-9-8-11(14)6-7-15(9)12-4-2-10(13)3-5-12/h2-5,9,11H,6-8,14H2,1H3. The smallest absolute Gasteiger partial charge is 0.0369 e. The third-order valence-electron chi connectivity index (χ3n) is 3.07. The number of halogens is 1. The number of piperidine rings is 1. The normalized spacial score (nSPS) is 26.7. The van der Waals surface area contributed by atoms with E-state index in [1.165, 1.54) is 5.69 Å². The van der Waals surface area contributed by atoms with Gasteiger partial charge in [0.2, 0.25) is 0 Å². The topological polar surface area (TPSA) is 29.3 Å². The Balaban J connectivity index is 2.13. The minimum atomic E-state index is 0.381. The zero-order valence-electron chi connectivity index (χ0n) is 8.99. The first kappa shape index (κ1) is 11.0. The van der Waals surface area contributed by atoms with Crippen LogP contribution < -0.4 is 10.6 Å². The van der Waals surface area contributed by atoms with Gasteiger partial charge in [0.05, 0.1) is 0 Å². The molecule has 0 aliphatic carbocycles. The van der Waals surface area contributed by atoms with Crippen molar-refractivity contribution in [3.8, 4) is 0 Å². The van der Waals surface area contributed by atoms with E-state index >= 15 is 0 Å². The Labute approximate surface area is 99.6 Å². The molecule has 0 aromatic heterocycles. The summed E-state index contributed by atoms with van der Waals surface area (Å²) in [6, 6.07) is 9.45. The van der Waals surface area contributed by atoms with Gasteiger partial charge in [-0.3, -0.25) is 0 Å². The molecule has 0 radical (unpaired) electrons. The summed E-state index contributed by atoms with van der Waals surface area (Å²) in [4.78, 5) is 2.44.